The van der Waals surface area contributed by atoms with Crippen molar-refractivity contribution in [2.45, 2.75) is 6.92 Å². The van der Waals surface area contributed by atoms with E-state index in [0.717, 1.165) is 11.6 Å². The molecule has 0 aliphatic carbocycles. The maximum atomic E-state index is 12.9. The Morgan fingerprint density at radius 2 is 1.70 bits per heavy atom. The van der Waals surface area contributed by atoms with Gasteiger partial charge in [-0.05, 0) is 42.8 Å². The van der Waals surface area contributed by atoms with Crippen LogP contribution < -0.4 is 5.32 Å². The van der Waals surface area contributed by atoms with E-state index in [-0.39, 0.29) is 21.7 Å². The second kappa shape index (κ2) is 10.2. The lowest BCUT2D eigenvalue weighted by molar-refractivity contribution is -0.384. The summed E-state index contributed by atoms with van der Waals surface area (Å²) in [5, 5.41) is 14.0. The summed E-state index contributed by atoms with van der Waals surface area (Å²) in [6.45, 7) is 1.18. The monoisotopic (exact) mass is 486 g/mol. The highest BCUT2D eigenvalue weighted by Crippen LogP contribution is 2.27. The normalized spacial score (nSPS) is 10.4. The van der Waals surface area contributed by atoms with Crippen LogP contribution in [0.3, 0.4) is 0 Å². The molecule has 33 heavy (non-hydrogen) atoms. The Balaban J connectivity index is 1.76. The zero-order valence-corrected chi connectivity index (χ0v) is 18.6. The standard InChI is InChI=1S/C23H16Cl2N2O6/c1-13-6-8-15(24)11-19(13)26-21(28)12-33-23(30)17-5-3-2-4-16(17)22(29)14-7-9-18(25)20(10-14)27(31)32/h2-11H,12H2,1H3,(H,26,28). The summed E-state index contributed by atoms with van der Waals surface area (Å²) in [6.07, 6.45) is 0. The average Bonchev–Trinajstić information content (AvgIpc) is 2.79. The number of ether oxygens (including phenoxy) is 1. The van der Waals surface area contributed by atoms with Crippen molar-refractivity contribution >= 4 is 52.2 Å². The van der Waals surface area contributed by atoms with E-state index in [0.29, 0.717) is 10.7 Å². The number of hydrogen-bond acceptors (Lipinski definition) is 6. The SMILES string of the molecule is Cc1ccc(Cl)cc1NC(=O)COC(=O)c1ccccc1C(=O)c1ccc(Cl)c([N+](=O)[O-])c1. The molecule has 0 atom stereocenters. The van der Waals surface area contributed by atoms with Gasteiger partial charge in [-0.2, -0.15) is 0 Å². The quantitative estimate of drug-likeness (QED) is 0.211. The minimum Gasteiger partial charge on any atom is -0.452 e. The predicted octanol–water partition coefficient (Wildman–Crippen LogP) is 5.24. The van der Waals surface area contributed by atoms with Crippen LogP contribution in [0.5, 0.6) is 0 Å². The number of aryl methyl sites for hydroxylation is 1. The number of rotatable bonds is 7. The summed E-state index contributed by atoms with van der Waals surface area (Å²) in [7, 11) is 0. The van der Waals surface area contributed by atoms with Crippen molar-refractivity contribution in [1.82, 2.24) is 0 Å². The third kappa shape index (κ3) is 5.74. The van der Waals surface area contributed by atoms with E-state index in [1.165, 1.54) is 36.4 Å². The van der Waals surface area contributed by atoms with Crippen LogP contribution in [0.4, 0.5) is 11.4 Å². The van der Waals surface area contributed by atoms with E-state index in [1.54, 1.807) is 25.1 Å². The fraction of sp³-hybridized carbons (Fsp3) is 0.0870. The molecule has 0 aliphatic heterocycles. The number of nitro groups is 1. The summed E-state index contributed by atoms with van der Waals surface area (Å²) in [6, 6.07) is 14.4. The van der Waals surface area contributed by atoms with Crippen molar-refractivity contribution in [3.8, 4) is 0 Å². The second-order valence-corrected chi connectivity index (χ2v) is 7.73. The molecule has 1 N–H and O–H groups in total. The number of carbonyl (C=O) groups excluding carboxylic acids is 3. The average molecular weight is 487 g/mol. The summed E-state index contributed by atoms with van der Waals surface area (Å²) < 4.78 is 5.07. The first-order valence-corrected chi connectivity index (χ1v) is 10.2. The summed E-state index contributed by atoms with van der Waals surface area (Å²) in [5.74, 6) is -2.13. The van der Waals surface area contributed by atoms with Crippen LogP contribution in [0.1, 0.15) is 31.8 Å². The summed E-state index contributed by atoms with van der Waals surface area (Å²) >= 11 is 11.7. The third-order valence-electron chi connectivity index (χ3n) is 4.60. The number of nitro benzene ring substituents is 1. The van der Waals surface area contributed by atoms with Gasteiger partial charge in [0.15, 0.2) is 12.4 Å². The Hall–Kier alpha value is -3.75. The number of nitrogens with zero attached hydrogens (tertiary/aromatic N) is 1. The van der Waals surface area contributed by atoms with Crippen LogP contribution >= 0.6 is 23.2 Å². The molecule has 0 unspecified atom stereocenters. The molecule has 0 radical (unpaired) electrons. The molecule has 0 heterocycles. The molecule has 0 fully saturated rings. The molecule has 0 spiro atoms. The van der Waals surface area contributed by atoms with Crippen LogP contribution in [-0.2, 0) is 9.53 Å². The van der Waals surface area contributed by atoms with Crippen LogP contribution in [0.15, 0.2) is 60.7 Å². The number of carbonyl (C=O) groups is 3. The number of hydrogen-bond donors (Lipinski definition) is 1. The first kappa shape index (κ1) is 23.9. The highest BCUT2D eigenvalue weighted by molar-refractivity contribution is 6.33. The number of esters is 1. The van der Waals surface area contributed by atoms with Gasteiger partial charge in [-0.1, -0.05) is 47.5 Å². The number of benzene rings is 3. The highest BCUT2D eigenvalue weighted by Gasteiger charge is 2.22. The largest absolute Gasteiger partial charge is 0.452 e. The van der Waals surface area contributed by atoms with Gasteiger partial charge in [-0.25, -0.2) is 4.79 Å². The lowest BCUT2D eigenvalue weighted by Crippen LogP contribution is -2.22. The van der Waals surface area contributed by atoms with Gasteiger partial charge < -0.3 is 10.1 Å². The van der Waals surface area contributed by atoms with E-state index in [2.05, 4.69) is 5.32 Å². The van der Waals surface area contributed by atoms with Crippen molar-refractivity contribution in [3.63, 3.8) is 0 Å². The molecule has 0 saturated heterocycles. The molecule has 0 aliphatic rings. The van der Waals surface area contributed by atoms with Crippen molar-refractivity contribution < 1.29 is 24.0 Å². The van der Waals surface area contributed by atoms with E-state index in [1.807, 2.05) is 0 Å². The van der Waals surface area contributed by atoms with Gasteiger partial charge in [-0.3, -0.25) is 19.7 Å². The highest BCUT2D eigenvalue weighted by atomic mass is 35.5. The van der Waals surface area contributed by atoms with E-state index in [9.17, 15) is 24.5 Å². The van der Waals surface area contributed by atoms with Gasteiger partial charge in [0.25, 0.3) is 11.6 Å². The Bertz CT molecular complexity index is 1280. The van der Waals surface area contributed by atoms with Crippen molar-refractivity contribution in [3.05, 3.63) is 103 Å². The Morgan fingerprint density at radius 3 is 2.39 bits per heavy atom. The minimum atomic E-state index is -0.902. The third-order valence-corrected chi connectivity index (χ3v) is 5.16. The van der Waals surface area contributed by atoms with E-state index in [4.69, 9.17) is 27.9 Å². The fourth-order valence-electron chi connectivity index (χ4n) is 2.93. The zero-order chi connectivity index (χ0) is 24.1. The maximum Gasteiger partial charge on any atom is 0.339 e. The molecule has 0 saturated carbocycles. The van der Waals surface area contributed by atoms with E-state index < -0.39 is 34.9 Å². The molecule has 8 nitrogen and oxygen atoms in total. The molecule has 0 aromatic heterocycles. The van der Waals surface area contributed by atoms with Crippen LogP contribution in [0.2, 0.25) is 10.0 Å². The molecular weight excluding hydrogens is 471 g/mol. The number of ketones is 1. The number of halogens is 2. The van der Waals surface area contributed by atoms with Crippen molar-refractivity contribution in [2.75, 3.05) is 11.9 Å². The molecular formula is C23H16Cl2N2O6. The molecule has 10 heteroatoms. The van der Waals surface area contributed by atoms with E-state index >= 15 is 0 Å². The smallest absolute Gasteiger partial charge is 0.339 e. The van der Waals surface area contributed by atoms with Crippen LogP contribution in [-0.4, -0.2) is 29.2 Å². The first-order chi connectivity index (χ1) is 15.7. The van der Waals surface area contributed by atoms with Gasteiger partial charge >= 0.3 is 5.97 Å². The van der Waals surface area contributed by atoms with Gasteiger partial charge in [0, 0.05) is 27.9 Å². The molecule has 3 rings (SSSR count). The number of nitrogens with one attached hydrogen (secondary N) is 1. The van der Waals surface area contributed by atoms with Crippen LogP contribution in [0, 0.1) is 17.0 Å². The lowest BCUT2D eigenvalue weighted by Gasteiger charge is -2.11. The fourth-order valence-corrected chi connectivity index (χ4v) is 3.29. The van der Waals surface area contributed by atoms with Crippen molar-refractivity contribution in [1.29, 1.82) is 0 Å². The minimum absolute atomic E-state index is 0.0273. The van der Waals surface area contributed by atoms with Gasteiger partial charge in [0.2, 0.25) is 0 Å². The Morgan fingerprint density at radius 1 is 1.00 bits per heavy atom. The van der Waals surface area contributed by atoms with Gasteiger partial charge in [0.1, 0.15) is 5.02 Å². The molecule has 3 aromatic rings. The van der Waals surface area contributed by atoms with Gasteiger partial charge in [-0.15, -0.1) is 0 Å². The Kier molecular flexibility index (Phi) is 7.42. The van der Waals surface area contributed by atoms with Gasteiger partial charge in [0.05, 0.1) is 10.5 Å². The molecule has 0 bridgehead atoms. The summed E-state index contributed by atoms with van der Waals surface area (Å²) in [4.78, 5) is 48.2. The molecule has 1 amide bonds. The topological polar surface area (TPSA) is 116 Å². The number of anilines is 1. The Labute approximate surface area is 198 Å². The molecule has 168 valence electrons. The first-order valence-electron chi connectivity index (χ1n) is 9.48. The number of amides is 1. The summed E-state index contributed by atoms with van der Waals surface area (Å²) in [5.41, 5.74) is 0.656. The second-order valence-electron chi connectivity index (χ2n) is 6.88. The maximum absolute atomic E-state index is 12.9. The zero-order valence-electron chi connectivity index (χ0n) is 17.1. The molecule has 3 aromatic carbocycles. The lowest BCUT2D eigenvalue weighted by atomic mass is 9.98. The van der Waals surface area contributed by atoms with Crippen molar-refractivity contribution in [2.24, 2.45) is 0 Å². The predicted molar refractivity (Wildman–Crippen MR) is 123 cm³/mol. The van der Waals surface area contributed by atoms with Crippen LogP contribution in [0.25, 0.3) is 0 Å².